The quantitative estimate of drug-likeness (QED) is 0.652. The molecule has 0 unspecified atom stereocenters. The Kier molecular flexibility index (Phi) is 4.69. The number of rotatable bonds is 4. The van der Waals surface area contributed by atoms with Crippen LogP contribution < -0.4 is 5.32 Å². The van der Waals surface area contributed by atoms with E-state index in [9.17, 15) is 14.9 Å². The van der Waals surface area contributed by atoms with Gasteiger partial charge in [-0.25, -0.2) is 4.98 Å². The molecular weight excluding hydrogens is 274 g/mol. The number of anilines is 1. The van der Waals surface area contributed by atoms with Gasteiger partial charge in [0.15, 0.2) is 0 Å². The zero-order valence-electron chi connectivity index (χ0n) is 12.2. The maximum Gasteiger partial charge on any atom is 0.288 e. The fourth-order valence-corrected chi connectivity index (χ4v) is 2.20. The molecule has 1 aliphatic heterocycles. The average molecular weight is 293 g/mol. The van der Waals surface area contributed by atoms with Crippen molar-refractivity contribution in [1.82, 2.24) is 14.8 Å². The van der Waals surface area contributed by atoms with E-state index < -0.39 is 4.92 Å². The second-order valence-corrected chi connectivity index (χ2v) is 4.97. The van der Waals surface area contributed by atoms with Crippen molar-refractivity contribution >= 4 is 17.4 Å². The molecular formula is C13H19N5O3. The molecule has 21 heavy (non-hydrogen) atoms. The van der Waals surface area contributed by atoms with E-state index in [0.29, 0.717) is 25.5 Å². The van der Waals surface area contributed by atoms with Crippen molar-refractivity contribution < 1.29 is 9.72 Å². The molecule has 1 saturated heterocycles. The van der Waals surface area contributed by atoms with Gasteiger partial charge in [-0.2, -0.15) is 0 Å². The number of carbonyl (C=O) groups is 1. The molecule has 0 aromatic carbocycles. The van der Waals surface area contributed by atoms with E-state index in [0.717, 1.165) is 13.1 Å². The third-order valence-corrected chi connectivity index (χ3v) is 3.45. The van der Waals surface area contributed by atoms with E-state index in [4.69, 9.17) is 0 Å². The summed E-state index contributed by atoms with van der Waals surface area (Å²) in [6.45, 7) is 5.30. The fourth-order valence-electron chi connectivity index (χ4n) is 2.20. The number of hydrogen-bond donors (Lipinski definition) is 1. The van der Waals surface area contributed by atoms with Gasteiger partial charge in [-0.05, 0) is 14.0 Å². The largest absolute Gasteiger partial charge is 0.370 e. The number of nitro groups is 1. The van der Waals surface area contributed by atoms with Crippen LogP contribution in [-0.2, 0) is 0 Å². The van der Waals surface area contributed by atoms with Crippen molar-refractivity contribution in [3.05, 3.63) is 27.9 Å². The van der Waals surface area contributed by atoms with Crippen LogP contribution in [0.4, 0.5) is 11.5 Å². The second kappa shape index (κ2) is 6.49. The Hall–Kier alpha value is -2.22. The van der Waals surface area contributed by atoms with E-state index in [2.05, 4.69) is 15.2 Å². The predicted molar refractivity (Wildman–Crippen MR) is 78.5 cm³/mol. The highest BCUT2D eigenvalue weighted by atomic mass is 16.6. The van der Waals surface area contributed by atoms with Gasteiger partial charge in [0.2, 0.25) is 0 Å². The Labute approximate surface area is 122 Å². The molecule has 0 bridgehead atoms. The van der Waals surface area contributed by atoms with Crippen LogP contribution in [0.3, 0.4) is 0 Å². The lowest BCUT2D eigenvalue weighted by Crippen LogP contribution is -2.47. The van der Waals surface area contributed by atoms with Gasteiger partial charge < -0.3 is 15.1 Å². The highest BCUT2D eigenvalue weighted by Gasteiger charge is 2.25. The van der Waals surface area contributed by atoms with Gasteiger partial charge in [-0.15, -0.1) is 0 Å². The molecule has 1 N–H and O–H groups in total. The van der Waals surface area contributed by atoms with E-state index in [-0.39, 0.29) is 17.2 Å². The number of nitrogens with one attached hydrogen (secondary N) is 1. The molecule has 1 aromatic heterocycles. The van der Waals surface area contributed by atoms with Crippen molar-refractivity contribution in [2.45, 2.75) is 6.92 Å². The molecule has 1 aromatic rings. The predicted octanol–water partition coefficient (Wildman–Crippen LogP) is 0.809. The molecule has 1 amide bonds. The van der Waals surface area contributed by atoms with Gasteiger partial charge >= 0.3 is 0 Å². The summed E-state index contributed by atoms with van der Waals surface area (Å²) >= 11 is 0. The van der Waals surface area contributed by atoms with Crippen molar-refractivity contribution in [3.63, 3.8) is 0 Å². The Morgan fingerprint density at radius 3 is 2.67 bits per heavy atom. The Balaban J connectivity index is 2.28. The summed E-state index contributed by atoms with van der Waals surface area (Å²) in [5, 5.41) is 13.9. The highest BCUT2D eigenvalue weighted by Crippen LogP contribution is 2.21. The van der Waals surface area contributed by atoms with Gasteiger partial charge in [0.05, 0.1) is 10.5 Å². The number of hydrogen-bond acceptors (Lipinski definition) is 6. The van der Waals surface area contributed by atoms with Crippen molar-refractivity contribution in [2.75, 3.05) is 45.1 Å². The molecule has 8 nitrogen and oxygen atoms in total. The molecule has 1 fully saturated rings. The molecule has 0 atom stereocenters. The van der Waals surface area contributed by atoms with E-state index >= 15 is 0 Å². The average Bonchev–Trinajstić information content (AvgIpc) is 2.48. The monoisotopic (exact) mass is 293 g/mol. The lowest BCUT2D eigenvalue weighted by Gasteiger charge is -2.32. The van der Waals surface area contributed by atoms with Crippen LogP contribution in [0.1, 0.15) is 17.3 Å². The summed E-state index contributed by atoms with van der Waals surface area (Å²) in [6.07, 6.45) is 1.17. The van der Waals surface area contributed by atoms with Gasteiger partial charge in [0, 0.05) is 38.8 Å². The van der Waals surface area contributed by atoms with E-state index in [1.807, 2.05) is 14.0 Å². The molecule has 2 heterocycles. The zero-order valence-corrected chi connectivity index (χ0v) is 12.2. The number of pyridine rings is 1. The maximum atomic E-state index is 12.6. The minimum Gasteiger partial charge on any atom is -0.370 e. The van der Waals surface area contributed by atoms with Crippen molar-refractivity contribution in [3.8, 4) is 0 Å². The van der Waals surface area contributed by atoms with Crippen LogP contribution in [0, 0.1) is 10.1 Å². The smallest absolute Gasteiger partial charge is 0.288 e. The maximum absolute atomic E-state index is 12.6. The van der Waals surface area contributed by atoms with E-state index in [1.165, 1.54) is 12.3 Å². The summed E-state index contributed by atoms with van der Waals surface area (Å²) in [6, 6.07) is 1.30. The van der Waals surface area contributed by atoms with Gasteiger partial charge in [0.25, 0.3) is 11.6 Å². The van der Waals surface area contributed by atoms with Crippen LogP contribution in [0.25, 0.3) is 0 Å². The molecule has 0 aliphatic carbocycles. The zero-order chi connectivity index (χ0) is 15.4. The summed E-state index contributed by atoms with van der Waals surface area (Å²) < 4.78 is 0. The highest BCUT2D eigenvalue weighted by molar-refractivity contribution is 5.99. The topological polar surface area (TPSA) is 91.6 Å². The normalized spacial score (nSPS) is 15.8. The van der Waals surface area contributed by atoms with Crippen LogP contribution >= 0.6 is 0 Å². The van der Waals surface area contributed by atoms with Gasteiger partial charge in [-0.3, -0.25) is 14.9 Å². The second-order valence-electron chi connectivity index (χ2n) is 4.97. The van der Waals surface area contributed by atoms with Crippen LogP contribution in [0.15, 0.2) is 12.3 Å². The molecule has 114 valence electrons. The van der Waals surface area contributed by atoms with Gasteiger partial charge in [-0.1, -0.05) is 0 Å². The summed E-state index contributed by atoms with van der Waals surface area (Å²) in [5.74, 6) is 0.183. The fraction of sp³-hybridized carbons (Fsp3) is 0.538. The lowest BCUT2D eigenvalue weighted by atomic mass is 10.2. The molecule has 0 spiro atoms. The van der Waals surface area contributed by atoms with Gasteiger partial charge in [0.1, 0.15) is 12.0 Å². The van der Waals surface area contributed by atoms with Crippen LogP contribution in [0.2, 0.25) is 0 Å². The first kappa shape index (κ1) is 15.2. The lowest BCUT2D eigenvalue weighted by molar-refractivity contribution is -0.385. The Bertz CT molecular complexity index is 541. The third kappa shape index (κ3) is 3.46. The Morgan fingerprint density at radius 2 is 2.10 bits per heavy atom. The standard InChI is InChI=1S/C13H19N5O3/c1-3-14-12-11(8-10(9-15-12)18(20)21)13(19)17-6-4-16(2)5-7-17/h8-9H,3-7H2,1-2H3,(H,14,15). The summed E-state index contributed by atoms with van der Waals surface area (Å²) in [7, 11) is 2.00. The van der Waals surface area contributed by atoms with Crippen LogP contribution in [-0.4, -0.2) is 65.4 Å². The van der Waals surface area contributed by atoms with E-state index in [1.54, 1.807) is 4.90 Å². The SMILES string of the molecule is CCNc1ncc([N+](=O)[O-])cc1C(=O)N1CCN(C)CC1. The number of nitrogens with zero attached hydrogens (tertiary/aromatic N) is 4. The number of amides is 1. The van der Waals surface area contributed by atoms with Crippen molar-refractivity contribution in [1.29, 1.82) is 0 Å². The first-order valence-electron chi connectivity index (χ1n) is 6.89. The summed E-state index contributed by atoms with van der Waals surface area (Å²) in [5.41, 5.74) is 0.0877. The Morgan fingerprint density at radius 1 is 1.43 bits per heavy atom. The number of piperazine rings is 1. The van der Waals surface area contributed by atoms with Crippen molar-refractivity contribution in [2.24, 2.45) is 0 Å². The minimum atomic E-state index is -0.538. The third-order valence-electron chi connectivity index (χ3n) is 3.45. The molecule has 0 radical (unpaired) electrons. The number of carbonyl (C=O) groups excluding carboxylic acids is 1. The number of likely N-dealkylation sites (N-methyl/N-ethyl adjacent to an activating group) is 1. The first-order chi connectivity index (χ1) is 10.0. The minimum absolute atomic E-state index is 0.172. The molecule has 1 aliphatic rings. The number of aromatic nitrogens is 1. The summed E-state index contributed by atoms with van der Waals surface area (Å²) in [4.78, 5) is 30.8. The molecule has 8 heteroatoms. The van der Waals surface area contributed by atoms with Crippen LogP contribution in [0.5, 0.6) is 0 Å². The first-order valence-corrected chi connectivity index (χ1v) is 6.89. The molecule has 2 rings (SSSR count). The molecule has 0 saturated carbocycles.